The fraction of sp³-hybridized carbons (Fsp3) is 0.733. The van der Waals surface area contributed by atoms with E-state index in [4.69, 9.17) is 5.26 Å². The lowest BCUT2D eigenvalue weighted by Crippen LogP contribution is -2.47. The number of rotatable bonds is 7. The number of hydrogen-bond acceptors (Lipinski definition) is 3. The van der Waals surface area contributed by atoms with Crippen molar-refractivity contribution < 1.29 is 4.79 Å². The van der Waals surface area contributed by atoms with Crippen molar-refractivity contribution in [3.05, 3.63) is 11.6 Å². The summed E-state index contributed by atoms with van der Waals surface area (Å²) in [4.78, 5) is 11.9. The molecule has 1 fully saturated rings. The van der Waals surface area contributed by atoms with Gasteiger partial charge in [-0.3, -0.25) is 4.79 Å². The normalized spacial score (nSPS) is 22.6. The van der Waals surface area contributed by atoms with Gasteiger partial charge < -0.3 is 10.6 Å². The third kappa shape index (κ3) is 5.34. The van der Waals surface area contributed by atoms with Gasteiger partial charge in [-0.25, -0.2) is 0 Å². The van der Waals surface area contributed by atoms with Crippen LogP contribution in [0.1, 0.15) is 46.5 Å². The Kier molecular flexibility index (Phi) is 6.41. The molecular weight excluding hydrogens is 238 g/mol. The Labute approximate surface area is 116 Å². The van der Waals surface area contributed by atoms with Crippen molar-refractivity contribution in [3.8, 4) is 6.19 Å². The highest BCUT2D eigenvalue weighted by atomic mass is 16.1. The smallest absolute Gasteiger partial charge is 0.223 e. The lowest BCUT2D eigenvalue weighted by molar-refractivity contribution is -0.128. The number of hydrogen-bond donors (Lipinski definition) is 2. The van der Waals surface area contributed by atoms with Crippen LogP contribution < -0.4 is 10.6 Å². The molecule has 1 aliphatic carbocycles. The first-order valence-electron chi connectivity index (χ1n) is 7.14. The molecular formula is C15H25N3O. The first kappa shape index (κ1) is 15.6. The van der Waals surface area contributed by atoms with Crippen LogP contribution >= 0.6 is 0 Å². The molecule has 0 aromatic heterocycles. The number of nitrogens with one attached hydrogen (secondary N) is 2. The van der Waals surface area contributed by atoms with Crippen LogP contribution in [0.2, 0.25) is 0 Å². The molecule has 4 heteroatoms. The molecule has 1 rings (SSSR count). The van der Waals surface area contributed by atoms with E-state index in [1.165, 1.54) is 5.57 Å². The predicted octanol–water partition coefficient (Wildman–Crippen LogP) is 2.33. The number of nitrogens with zero attached hydrogens (tertiary/aromatic N) is 1. The molecule has 1 atom stereocenters. The van der Waals surface area contributed by atoms with E-state index in [1.54, 1.807) is 0 Å². The van der Waals surface area contributed by atoms with Crippen molar-refractivity contribution in [3.63, 3.8) is 0 Å². The summed E-state index contributed by atoms with van der Waals surface area (Å²) in [5, 5.41) is 14.2. The van der Waals surface area contributed by atoms with Crippen LogP contribution in [0.4, 0.5) is 0 Å². The second-order valence-electron chi connectivity index (χ2n) is 5.66. The molecule has 19 heavy (non-hydrogen) atoms. The van der Waals surface area contributed by atoms with E-state index in [2.05, 4.69) is 37.5 Å². The SMILES string of the molecule is CCC[C@H](C=C(C)C)CNC(=O)[C@H]1C[C@H](NC#N)C1. The molecule has 0 aromatic carbocycles. The highest BCUT2D eigenvalue weighted by Crippen LogP contribution is 2.27. The van der Waals surface area contributed by atoms with Gasteiger partial charge in [0.25, 0.3) is 0 Å². The summed E-state index contributed by atoms with van der Waals surface area (Å²) in [6.45, 7) is 7.07. The maximum atomic E-state index is 11.9. The lowest BCUT2D eigenvalue weighted by atomic mass is 9.79. The summed E-state index contributed by atoms with van der Waals surface area (Å²) in [6, 6.07) is 0.199. The standard InChI is InChI=1S/C15H25N3O/c1-4-5-12(6-11(2)3)9-17-15(19)13-7-14(8-13)18-10-16/h6,12-14,18H,4-5,7-9H2,1-3H3,(H,17,19)/t12-,13-,14-/m1/s1. The van der Waals surface area contributed by atoms with Crippen LogP contribution in [0, 0.1) is 23.3 Å². The molecule has 0 spiro atoms. The molecule has 0 bridgehead atoms. The number of nitriles is 1. The molecule has 0 heterocycles. The first-order chi connectivity index (χ1) is 9.06. The van der Waals surface area contributed by atoms with Crippen molar-refractivity contribution >= 4 is 5.91 Å². The van der Waals surface area contributed by atoms with Crippen LogP contribution in [0.5, 0.6) is 0 Å². The van der Waals surface area contributed by atoms with Crippen LogP contribution in [0.15, 0.2) is 11.6 Å². The van der Waals surface area contributed by atoms with Crippen molar-refractivity contribution in [1.29, 1.82) is 5.26 Å². The molecule has 0 aliphatic heterocycles. The van der Waals surface area contributed by atoms with Gasteiger partial charge in [-0.1, -0.05) is 25.0 Å². The maximum absolute atomic E-state index is 11.9. The molecule has 1 saturated carbocycles. The summed E-state index contributed by atoms with van der Waals surface area (Å²) >= 11 is 0. The Morgan fingerprint density at radius 3 is 2.68 bits per heavy atom. The van der Waals surface area contributed by atoms with E-state index in [-0.39, 0.29) is 17.9 Å². The number of carbonyl (C=O) groups is 1. The van der Waals surface area contributed by atoms with Gasteiger partial charge in [0.1, 0.15) is 0 Å². The van der Waals surface area contributed by atoms with E-state index >= 15 is 0 Å². The fourth-order valence-corrected chi connectivity index (χ4v) is 2.50. The van der Waals surface area contributed by atoms with E-state index in [0.29, 0.717) is 5.92 Å². The average Bonchev–Trinajstić information content (AvgIpc) is 2.29. The van der Waals surface area contributed by atoms with Gasteiger partial charge in [-0.15, -0.1) is 0 Å². The van der Waals surface area contributed by atoms with Gasteiger partial charge in [0.2, 0.25) is 5.91 Å². The Morgan fingerprint density at radius 1 is 1.47 bits per heavy atom. The second-order valence-corrected chi connectivity index (χ2v) is 5.66. The van der Waals surface area contributed by atoms with Crippen molar-refractivity contribution in [1.82, 2.24) is 10.6 Å². The predicted molar refractivity (Wildman–Crippen MR) is 76.1 cm³/mol. The van der Waals surface area contributed by atoms with Crippen molar-refractivity contribution in [2.75, 3.05) is 6.54 Å². The molecule has 0 aromatic rings. The molecule has 4 nitrogen and oxygen atoms in total. The highest BCUT2D eigenvalue weighted by Gasteiger charge is 2.34. The molecule has 0 unspecified atom stereocenters. The highest BCUT2D eigenvalue weighted by molar-refractivity contribution is 5.79. The minimum atomic E-state index is 0.0832. The van der Waals surface area contributed by atoms with Crippen molar-refractivity contribution in [2.24, 2.45) is 11.8 Å². The van der Waals surface area contributed by atoms with Gasteiger partial charge in [-0.05, 0) is 39.0 Å². The van der Waals surface area contributed by atoms with E-state index in [1.807, 2.05) is 6.19 Å². The number of amides is 1. The maximum Gasteiger partial charge on any atom is 0.223 e. The number of allylic oxidation sites excluding steroid dienone is 1. The largest absolute Gasteiger partial charge is 0.355 e. The minimum absolute atomic E-state index is 0.0832. The van der Waals surface area contributed by atoms with E-state index in [9.17, 15) is 4.79 Å². The molecule has 1 aliphatic rings. The van der Waals surface area contributed by atoms with Gasteiger partial charge >= 0.3 is 0 Å². The van der Waals surface area contributed by atoms with Gasteiger partial charge in [0.05, 0.1) is 0 Å². The van der Waals surface area contributed by atoms with Crippen LogP contribution in [0.3, 0.4) is 0 Å². The molecule has 0 radical (unpaired) electrons. The second kappa shape index (κ2) is 7.83. The zero-order valence-electron chi connectivity index (χ0n) is 12.2. The Morgan fingerprint density at radius 2 is 2.16 bits per heavy atom. The third-order valence-electron chi connectivity index (χ3n) is 3.54. The summed E-state index contributed by atoms with van der Waals surface area (Å²) in [5.74, 6) is 0.658. The summed E-state index contributed by atoms with van der Waals surface area (Å²) < 4.78 is 0. The lowest BCUT2D eigenvalue weighted by Gasteiger charge is -2.33. The molecule has 0 saturated heterocycles. The average molecular weight is 263 g/mol. The summed E-state index contributed by atoms with van der Waals surface area (Å²) in [5.41, 5.74) is 1.30. The Bertz CT molecular complexity index is 360. The van der Waals surface area contributed by atoms with Crippen LogP contribution in [-0.2, 0) is 4.79 Å². The van der Waals surface area contributed by atoms with Gasteiger partial charge in [0, 0.05) is 18.5 Å². The van der Waals surface area contributed by atoms with E-state index < -0.39 is 0 Å². The monoisotopic (exact) mass is 263 g/mol. The molecule has 1 amide bonds. The zero-order chi connectivity index (χ0) is 14.3. The van der Waals surface area contributed by atoms with Crippen LogP contribution in [0.25, 0.3) is 0 Å². The molecule has 106 valence electrons. The summed E-state index contributed by atoms with van der Waals surface area (Å²) in [7, 11) is 0. The topological polar surface area (TPSA) is 64.9 Å². The Balaban J connectivity index is 2.29. The van der Waals surface area contributed by atoms with Gasteiger partial charge in [0.15, 0.2) is 6.19 Å². The zero-order valence-corrected chi connectivity index (χ0v) is 12.2. The van der Waals surface area contributed by atoms with E-state index in [0.717, 1.165) is 32.2 Å². The third-order valence-corrected chi connectivity index (χ3v) is 3.54. The van der Waals surface area contributed by atoms with Gasteiger partial charge in [-0.2, -0.15) is 5.26 Å². The first-order valence-corrected chi connectivity index (χ1v) is 7.14. The minimum Gasteiger partial charge on any atom is -0.355 e. The number of carbonyl (C=O) groups excluding carboxylic acids is 1. The van der Waals surface area contributed by atoms with Crippen molar-refractivity contribution in [2.45, 2.75) is 52.5 Å². The fourth-order valence-electron chi connectivity index (χ4n) is 2.50. The summed E-state index contributed by atoms with van der Waals surface area (Å²) in [6.07, 6.45) is 7.96. The quantitative estimate of drug-likeness (QED) is 0.421. The van der Waals surface area contributed by atoms with Crippen LogP contribution in [-0.4, -0.2) is 18.5 Å². The Hall–Kier alpha value is -1.50. The molecule has 2 N–H and O–H groups in total.